The fourth-order valence-electron chi connectivity index (χ4n) is 7.12. The Bertz CT molecular complexity index is 1620. The molecule has 0 unspecified atom stereocenters. The first-order chi connectivity index (χ1) is 23.2. The number of hydrogen-bond donors (Lipinski definition) is 1. The predicted octanol–water partition coefficient (Wildman–Crippen LogP) is 7.59. The molecule has 0 spiro atoms. The molecule has 1 fully saturated rings. The van der Waals surface area contributed by atoms with Gasteiger partial charge in [-0.2, -0.15) is 0 Å². The summed E-state index contributed by atoms with van der Waals surface area (Å²) in [6.07, 6.45) is 2.83. The lowest BCUT2D eigenvalue weighted by Gasteiger charge is -2.46. The second-order valence-corrected chi connectivity index (χ2v) is 17.9. The van der Waals surface area contributed by atoms with Gasteiger partial charge in [0.05, 0.1) is 19.8 Å². The Kier molecular flexibility index (Phi) is 10.1. The van der Waals surface area contributed by atoms with Gasteiger partial charge in [0.2, 0.25) is 5.79 Å². The van der Waals surface area contributed by atoms with Crippen molar-refractivity contribution in [2.24, 2.45) is 0 Å². The van der Waals surface area contributed by atoms with Crippen molar-refractivity contribution < 1.29 is 28.5 Å². The van der Waals surface area contributed by atoms with Crippen LogP contribution in [0.2, 0.25) is 5.04 Å². The third-order valence-corrected chi connectivity index (χ3v) is 14.5. The van der Waals surface area contributed by atoms with E-state index < -0.39 is 31.9 Å². The second-order valence-electron chi connectivity index (χ2n) is 13.6. The van der Waals surface area contributed by atoms with Crippen LogP contribution in [0.4, 0.5) is 0 Å². The number of aliphatic hydroxyl groups excluding tert-OH is 1. The summed E-state index contributed by atoms with van der Waals surface area (Å²) in [5.41, 5.74) is 0.588. The van der Waals surface area contributed by atoms with Crippen LogP contribution in [0.15, 0.2) is 146 Å². The molecule has 6 rings (SSSR count). The maximum atomic E-state index is 11.9. The molecule has 7 heteroatoms. The maximum absolute atomic E-state index is 11.9. The van der Waals surface area contributed by atoms with Gasteiger partial charge in [0.25, 0.3) is 8.32 Å². The lowest BCUT2D eigenvalue weighted by Crippen LogP contribution is -2.68. The maximum Gasteiger partial charge on any atom is 0.261 e. The number of rotatable bonds is 14. The molecule has 2 aliphatic rings. The van der Waals surface area contributed by atoms with Gasteiger partial charge < -0.3 is 28.5 Å². The number of hydrogen-bond acceptors (Lipinski definition) is 6. The summed E-state index contributed by atoms with van der Waals surface area (Å²) >= 11 is 0. The van der Waals surface area contributed by atoms with Crippen molar-refractivity contribution in [3.05, 3.63) is 157 Å². The first kappa shape index (κ1) is 33.9. The first-order valence-electron chi connectivity index (χ1n) is 16.7. The first-order valence-corrected chi connectivity index (χ1v) is 18.6. The molecule has 4 atom stereocenters. The van der Waals surface area contributed by atoms with Crippen LogP contribution in [-0.4, -0.2) is 43.6 Å². The highest BCUT2D eigenvalue weighted by Gasteiger charge is 2.70. The molecule has 2 bridgehead atoms. The molecular formula is C41H46O6Si. The van der Waals surface area contributed by atoms with Gasteiger partial charge in [0.15, 0.2) is 17.5 Å². The Labute approximate surface area is 285 Å². The normalized spacial score (nSPS) is 23.7. The quantitative estimate of drug-likeness (QED) is 0.111. The minimum absolute atomic E-state index is 0.0203. The fraction of sp³-hybridized carbons (Fsp3) is 0.317. The Balaban J connectivity index is 1.45. The zero-order valence-corrected chi connectivity index (χ0v) is 29.1. The van der Waals surface area contributed by atoms with E-state index >= 15 is 0 Å². The Morgan fingerprint density at radius 3 is 1.71 bits per heavy atom. The number of fused-ring (bicyclic) bond motifs is 2. The van der Waals surface area contributed by atoms with Crippen molar-refractivity contribution in [1.29, 1.82) is 0 Å². The monoisotopic (exact) mass is 662 g/mol. The zero-order chi connectivity index (χ0) is 33.7. The largest absolute Gasteiger partial charge is 0.506 e. The SMILES string of the molecule is C=CCC[C@]12OC=C(O)[C@](CO[Si](c3ccccc3)(c3ccccc3)C(C)(C)C)(O1)[C@H](OCc1ccccc1)[C@H]2OCc1ccccc1. The van der Waals surface area contributed by atoms with Crippen molar-refractivity contribution in [3.63, 3.8) is 0 Å². The van der Waals surface area contributed by atoms with Gasteiger partial charge >= 0.3 is 0 Å². The third kappa shape index (κ3) is 6.41. The van der Waals surface area contributed by atoms with E-state index in [1.807, 2.05) is 78.9 Å². The van der Waals surface area contributed by atoms with Crippen molar-refractivity contribution >= 4 is 18.7 Å². The molecule has 6 nitrogen and oxygen atoms in total. The van der Waals surface area contributed by atoms with Gasteiger partial charge in [0, 0.05) is 6.42 Å². The fourth-order valence-corrected chi connectivity index (χ4v) is 11.7. The molecule has 1 N–H and O–H groups in total. The molecule has 0 aliphatic carbocycles. The number of allylic oxidation sites excluding steroid dienone is 1. The highest BCUT2D eigenvalue weighted by molar-refractivity contribution is 6.99. The molecular weight excluding hydrogens is 617 g/mol. The molecule has 4 aromatic carbocycles. The predicted molar refractivity (Wildman–Crippen MR) is 191 cm³/mol. The van der Waals surface area contributed by atoms with E-state index in [9.17, 15) is 5.11 Å². The molecule has 0 radical (unpaired) electrons. The summed E-state index contributed by atoms with van der Waals surface area (Å²) in [6, 6.07) is 40.9. The molecule has 0 amide bonds. The van der Waals surface area contributed by atoms with E-state index in [1.165, 1.54) is 6.26 Å². The van der Waals surface area contributed by atoms with Crippen molar-refractivity contribution in [2.75, 3.05) is 6.61 Å². The summed E-state index contributed by atoms with van der Waals surface area (Å²) < 4.78 is 34.4. The van der Waals surface area contributed by atoms with E-state index in [1.54, 1.807) is 0 Å². The summed E-state index contributed by atoms with van der Waals surface area (Å²) in [6.45, 7) is 11.3. The van der Waals surface area contributed by atoms with E-state index in [0.29, 0.717) is 19.4 Å². The van der Waals surface area contributed by atoms with Crippen LogP contribution < -0.4 is 10.4 Å². The van der Waals surface area contributed by atoms with Crippen LogP contribution in [-0.2, 0) is 36.6 Å². The minimum atomic E-state index is -3.04. The minimum Gasteiger partial charge on any atom is -0.506 e. The Hall–Kier alpha value is -3.98. The average molecular weight is 663 g/mol. The molecule has 0 aromatic heterocycles. The van der Waals surface area contributed by atoms with E-state index in [0.717, 1.165) is 21.5 Å². The number of ether oxygens (including phenoxy) is 4. The van der Waals surface area contributed by atoms with Crippen LogP contribution in [0.25, 0.3) is 0 Å². The molecule has 4 aromatic rings. The Morgan fingerprint density at radius 1 is 0.750 bits per heavy atom. The van der Waals surface area contributed by atoms with E-state index in [-0.39, 0.29) is 24.0 Å². The third-order valence-electron chi connectivity index (χ3n) is 9.49. The van der Waals surface area contributed by atoms with Gasteiger partial charge in [-0.3, -0.25) is 0 Å². The highest BCUT2D eigenvalue weighted by Crippen LogP contribution is 2.52. The smallest absolute Gasteiger partial charge is 0.261 e. The van der Waals surface area contributed by atoms with Gasteiger partial charge in [-0.25, -0.2) is 0 Å². The van der Waals surface area contributed by atoms with Crippen molar-refractivity contribution in [1.82, 2.24) is 0 Å². The molecule has 2 aliphatic heterocycles. The Morgan fingerprint density at radius 2 is 1.23 bits per heavy atom. The van der Waals surface area contributed by atoms with Crippen LogP contribution in [0.5, 0.6) is 0 Å². The average Bonchev–Trinajstić information content (AvgIpc) is 3.33. The van der Waals surface area contributed by atoms with E-state index in [2.05, 4.69) is 75.9 Å². The van der Waals surface area contributed by atoms with Gasteiger partial charge in [-0.15, -0.1) is 6.58 Å². The van der Waals surface area contributed by atoms with Gasteiger partial charge in [-0.1, -0.05) is 148 Å². The lowest BCUT2D eigenvalue weighted by molar-refractivity contribution is -0.280. The van der Waals surface area contributed by atoms with Gasteiger partial charge in [0.1, 0.15) is 12.4 Å². The summed E-state index contributed by atoms with van der Waals surface area (Å²) in [7, 11) is -3.04. The zero-order valence-electron chi connectivity index (χ0n) is 28.1. The molecule has 48 heavy (non-hydrogen) atoms. The van der Waals surface area contributed by atoms with Gasteiger partial charge in [-0.05, 0) is 33.0 Å². The highest BCUT2D eigenvalue weighted by atomic mass is 28.4. The molecule has 0 saturated carbocycles. The summed E-state index contributed by atoms with van der Waals surface area (Å²) in [4.78, 5) is 0. The van der Waals surface area contributed by atoms with E-state index in [4.69, 9.17) is 23.4 Å². The lowest BCUT2D eigenvalue weighted by atomic mass is 9.92. The van der Waals surface area contributed by atoms with Crippen LogP contribution >= 0.6 is 0 Å². The van der Waals surface area contributed by atoms with Crippen molar-refractivity contribution in [3.8, 4) is 0 Å². The number of aliphatic hydroxyl groups is 1. The molecule has 1 saturated heterocycles. The summed E-state index contributed by atoms with van der Waals surface area (Å²) in [5, 5.41) is 13.9. The summed E-state index contributed by atoms with van der Waals surface area (Å²) in [5.74, 6) is -1.33. The number of benzene rings is 4. The molecule has 250 valence electrons. The van der Waals surface area contributed by atoms with Crippen molar-refractivity contribution in [2.45, 2.75) is 75.5 Å². The molecule has 2 heterocycles. The standard InChI is InChI=1S/C41H46O6Si/c1-5-6-27-41-38(44-29-33-21-13-8-14-22-33)37(43-28-32-19-11-7-12-20-32)40(47-41,36(42)30-45-41)31-46-48(39(2,3)4,34-23-15-9-16-24-34)35-25-17-10-18-26-35/h5,7-26,30,37-38,42H,1,6,27-29,31H2,2-4H3/t37-,38-,40+,41+/m1/s1. The topological polar surface area (TPSA) is 66.4 Å². The second kappa shape index (κ2) is 14.2. The van der Waals surface area contributed by atoms with Crippen LogP contribution in [0.1, 0.15) is 44.7 Å². The van der Waals surface area contributed by atoms with Crippen LogP contribution in [0.3, 0.4) is 0 Å². The van der Waals surface area contributed by atoms with Crippen LogP contribution in [0, 0.1) is 0 Å².